The maximum atomic E-state index is 13.3. The molecule has 174 valence electrons. The third kappa shape index (κ3) is 3.95. The number of fused-ring (bicyclic) bond motifs is 1. The second kappa shape index (κ2) is 8.76. The summed E-state index contributed by atoms with van der Waals surface area (Å²) in [5.74, 6) is 0.522. The maximum absolute atomic E-state index is 13.3. The Kier molecular flexibility index (Phi) is 5.63. The molecule has 0 bridgehead atoms. The minimum atomic E-state index is -0.505. The van der Waals surface area contributed by atoms with E-state index in [0.29, 0.717) is 28.3 Å². The van der Waals surface area contributed by atoms with Crippen molar-refractivity contribution in [3.8, 4) is 22.9 Å². The number of halogens is 1. The van der Waals surface area contributed by atoms with Gasteiger partial charge in [0.15, 0.2) is 0 Å². The van der Waals surface area contributed by atoms with Crippen LogP contribution in [0.3, 0.4) is 0 Å². The molecular weight excluding hydrogens is 437 g/mol. The number of pyridine rings is 2. The summed E-state index contributed by atoms with van der Waals surface area (Å²) in [5, 5.41) is 28.2. The van der Waals surface area contributed by atoms with Crippen LogP contribution >= 0.6 is 0 Å². The molecule has 0 spiro atoms. The van der Waals surface area contributed by atoms with Crippen LogP contribution in [0.1, 0.15) is 56.0 Å². The van der Waals surface area contributed by atoms with Crippen molar-refractivity contribution in [3.63, 3.8) is 0 Å². The average molecular weight is 462 g/mol. The Bertz CT molecular complexity index is 1360. The lowest BCUT2D eigenvalue weighted by Gasteiger charge is -2.26. The summed E-state index contributed by atoms with van der Waals surface area (Å²) in [4.78, 5) is 4.10. The van der Waals surface area contributed by atoms with Gasteiger partial charge in [-0.3, -0.25) is 4.98 Å². The maximum Gasteiger partial charge on any atom is 0.148 e. The first-order chi connectivity index (χ1) is 16.4. The van der Waals surface area contributed by atoms with Gasteiger partial charge in [0.1, 0.15) is 40.6 Å². The summed E-state index contributed by atoms with van der Waals surface area (Å²) in [6, 6.07) is 6.97. The Morgan fingerprint density at radius 3 is 2.71 bits per heavy atom. The topological polar surface area (TPSA) is 127 Å². The molecule has 1 saturated carbocycles. The lowest BCUT2D eigenvalue weighted by molar-refractivity contribution is 0.108. The van der Waals surface area contributed by atoms with Gasteiger partial charge >= 0.3 is 0 Å². The standard InChI is InChI=1S/C24H24FN7O2/c1-14(21-7-2-17(25)11-28-21)34-22-8-15(13-31-23(22)16(9-26)10-29-31)20-12-30-32(24(20)27)18-3-5-19(33)6-4-18/h2,7-8,10-14,18-19,33H,3-6,27H2,1H3/t14-,18?,19?/m1/s1. The summed E-state index contributed by atoms with van der Waals surface area (Å²) in [6.07, 6.45) is 8.42. The Morgan fingerprint density at radius 2 is 2.00 bits per heavy atom. The number of aromatic nitrogens is 5. The van der Waals surface area contributed by atoms with E-state index in [1.165, 1.54) is 12.3 Å². The molecule has 3 N–H and O–H groups in total. The predicted octanol–water partition coefficient (Wildman–Crippen LogP) is 3.80. The van der Waals surface area contributed by atoms with Crippen LogP contribution in [0.4, 0.5) is 10.2 Å². The van der Waals surface area contributed by atoms with Crippen LogP contribution in [0.25, 0.3) is 16.6 Å². The van der Waals surface area contributed by atoms with E-state index in [0.717, 1.165) is 43.0 Å². The van der Waals surface area contributed by atoms with Gasteiger partial charge in [0.2, 0.25) is 0 Å². The molecule has 0 aromatic carbocycles. The molecule has 4 heterocycles. The van der Waals surface area contributed by atoms with Crippen molar-refractivity contribution in [1.29, 1.82) is 5.26 Å². The average Bonchev–Trinajstić information content (AvgIpc) is 3.43. The largest absolute Gasteiger partial charge is 0.482 e. The molecule has 1 atom stereocenters. The number of ether oxygens (including phenoxy) is 1. The molecule has 10 heteroatoms. The molecule has 0 aliphatic heterocycles. The number of aliphatic hydroxyl groups excluding tert-OH is 1. The number of nitriles is 1. The summed E-state index contributed by atoms with van der Waals surface area (Å²) >= 11 is 0. The van der Waals surface area contributed by atoms with E-state index in [2.05, 4.69) is 21.3 Å². The molecule has 9 nitrogen and oxygen atoms in total. The van der Waals surface area contributed by atoms with Crippen molar-refractivity contribution < 1.29 is 14.2 Å². The molecule has 4 aromatic heterocycles. The van der Waals surface area contributed by atoms with Crippen molar-refractivity contribution in [1.82, 2.24) is 24.4 Å². The molecular formula is C24H24FN7O2. The third-order valence-corrected chi connectivity index (χ3v) is 6.32. The number of nitrogen functional groups attached to an aromatic ring is 1. The van der Waals surface area contributed by atoms with E-state index in [4.69, 9.17) is 10.5 Å². The van der Waals surface area contributed by atoms with Crippen LogP contribution in [0.2, 0.25) is 0 Å². The first-order valence-electron chi connectivity index (χ1n) is 11.2. The molecule has 1 aliphatic rings. The zero-order chi connectivity index (χ0) is 23.8. The van der Waals surface area contributed by atoms with Gasteiger partial charge < -0.3 is 15.6 Å². The zero-order valence-electron chi connectivity index (χ0n) is 18.6. The first kappa shape index (κ1) is 21.9. The minimum Gasteiger partial charge on any atom is -0.482 e. The number of aliphatic hydroxyl groups is 1. The smallest absolute Gasteiger partial charge is 0.148 e. The van der Waals surface area contributed by atoms with E-state index in [-0.39, 0.29) is 12.1 Å². The van der Waals surface area contributed by atoms with Crippen molar-refractivity contribution in [2.75, 3.05) is 5.73 Å². The second-order valence-corrected chi connectivity index (χ2v) is 8.57. The number of anilines is 1. The first-order valence-corrected chi connectivity index (χ1v) is 11.2. The summed E-state index contributed by atoms with van der Waals surface area (Å²) < 4.78 is 22.9. The minimum absolute atomic E-state index is 0.135. The number of nitrogens with two attached hydrogens (primary N) is 1. The van der Waals surface area contributed by atoms with Crippen LogP contribution in [0, 0.1) is 17.1 Å². The molecule has 1 aliphatic carbocycles. The van der Waals surface area contributed by atoms with Crippen molar-refractivity contribution in [2.24, 2.45) is 0 Å². The predicted molar refractivity (Wildman–Crippen MR) is 122 cm³/mol. The van der Waals surface area contributed by atoms with Crippen LogP contribution in [0.5, 0.6) is 5.75 Å². The lowest BCUT2D eigenvalue weighted by atomic mass is 9.93. The number of hydrogen-bond acceptors (Lipinski definition) is 7. The van der Waals surface area contributed by atoms with Gasteiger partial charge in [-0.25, -0.2) is 13.6 Å². The molecule has 0 unspecified atom stereocenters. The van der Waals surface area contributed by atoms with E-state index >= 15 is 0 Å². The lowest BCUT2D eigenvalue weighted by Crippen LogP contribution is -2.22. The molecule has 34 heavy (non-hydrogen) atoms. The van der Waals surface area contributed by atoms with E-state index in [9.17, 15) is 14.8 Å². The molecule has 4 aromatic rings. The number of hydrogen-bond donors (Lipinski definition) is 2. The summed E-state index contributed by atoms with van der Waals surface area (Å²) in [6.45, 7) is 1.80. The molecule has 5 rings (SSSR count). The monoisotopic (exact) mass is 461 g/mol. The third-order valence-electron chi connectivity index (χ3n) is 6.32. The van der Waals surface area contributed by atoms with Crippen molar-refractivity contribution in [3.05, 3.63) is 60.1 Å². The van der Waals surface area contributed by atoms with Gasteiger partial charge in [0.05, 0.1) is 36.4 Å². The van der Waals surface area contributed by atoms with Crippen LogP contribution < -0.4 is 10.5 Å². The van der Waals surface area contributed by atoms with Gasteiger partial charge in [-0.1, -0.05) is 0 Å². The zero-order valence-corrected chi connectivity index (χ0v) is 18.6. The SMILES string of the molecule is C[C@@H](Oc1cc(-c2cnn(C3CCC(O)CC3)c2N)cn2ncc(C#N)c12)c1ccc(F)cn1. The molecule has 0 saturated heterocycles. The Balaban J connectivity index is 1.53. The highest BCUT2D eigenvalue weighted by atomic mass is 19.1. The highest BCUT2D eigenvalue weighted by Crippen LogP contribution is 2.37. The van der Waals surface area contributed by atoms with Gasteiger partial charge in [0.25, 0.3) is 0 Å². The van der Waals surface area contributed by atoms with Crippen molar-refractivity contribution >= 4 is 11.3 Å². The molecule has 1 fully saturated rings. The highest BCUT2D eigenvalue weighted by molar-refractivity contribution is 5.79. The van der Waals surface area contributed by atoms with Crippen LogP contribution in [-0.2, 0) is 0 Å². The second-order valence-electron chi connectivity index (χ2n) is 8.57. The number of nitrogens with zero attached hydrogens (tertiary/aromatic N) is 6. The van der Waals surface area contributed by atoms with Gasteiger partial charge in [0, 0.05) is 17.3 Å². The van der Waals surface area contributed by atoms with E-state index < -0.39 is 11.9 Å². The Hall–Kier alpha value is -3.97. The summed E-state index contributed by atoms with van der Waals surface area (Å²) in [5.41, 5.74) is 9.39. The fourth-order valence-corrected chi connectivity index (χ4v) is 4.47. The highest BCUT2D eigenvalue weighted by Gasteiger charge is 2.25. The Labute approximate surface area is 195 Å². The number of rotatable bonds is 5. The van der Waals surface area contributed by atoms with Crippen molar-refractivity contribution in [2.45, 2.75) is 50.9 Å². The van der Waals surface area contributed by atoms with Crippen LogP contribution in [0.15, 0.2) is 43.0 Å². The summed E-state index contributed by atoms with van der Waals surface area (Å²) in [7, 11) is 0. The molecule has 0 amide bonds. The van der Waals surface area contributed by atoms with Gasteiger partial charge in [-0.2, -0.15) is 15.5 Å². The normalized spacial score (nSPS) is 19.1. The molecule has 0 radical (unpaired) electrons. The fraction of sp³-hybridized carbons (Fsp3) is 0.333. The fourth-order valence-electron chi connectivity index (χ4n) is 4.47. The van der Waals surface area contributed by atoms with Crippen LogP contribution in [-0.4, -0.2) is 35.6 Å². The van der Waals surface area contributed by atoms with E-state index in [1.54, 1.807) is 36.0 Å². The quantitative estimate of drug-likeness (QED) is 0.463. The van der Waals surface area contributed by atoms with Gasteiger partial charge in [-0.15, -0.1) is 0 Å². The van der Waals surface area contributed by atoms with Gasteiger partial charge in [-0.05, 0) is 50.8 Å². The Morgan fingerprint density at radius 1 is 1.21 bits per heavy atom. The van der Waals surface area contributed by atoms with E-state index in [1.807, 2.05) is 4.68 Å².